The van der Waals surface area contributed by atoms with Crippen molar-refractivity contribution in [2.45, 2.75) is 60.0 Å². The lowest BCUT2D eigenvalue weighted by Crippen LogP contribution is -2.33. The summed E-state index contributed by atoms with van der Waals surface area (Å²) in [5.41, 5.74) is 3.35. The Morgan fingerprint density at radius 1 is 1.03 bits per heavy atom. The molecule has 0 bridgehead atoms. The highest BCUT2D eigenvalue weighted by atomic mass is 32.2. The molecule has 0 aliphatic carbocycles. The van der Waals surface area contributed by atoms with Crippen molar-refractivity contribution >= 4 is 23.6 Å². The molecule has 2 rings (SSSR count). The van der Waals surface area contributed by atoms with Crippen LogP contribution < -0.4 is 4.74 Å². The van der Waals surface area contributed by atoms with Crippen LogP contribution in [0.1, 0.15) is 57.0 Å². The first-order valence-electron chi connectivity index (χ1n) is 10.6. The largest absolute Gasteiger partial charge is 0.416 e. The fourth-order valence-corrected chi connectivity index (χ4v) is 3.83. The lowest BCUT2D eigenvalue weighted by Gasteiger charge is -2.20. The van der Waals surface area contributed by atoms with E-state index in [9.17, 15) is 9.59 Å². The second kappa shape index (κ2) is 10.8. The van der Waals surface area contributed by atoms with Crippen LogP contribution in [0.3, 0.4) is 0 Å². The summed E-state index contributed by atoms with van der Waals surface area (Å²) < 4.78 is 5.72. The maximum Gasteiger partial charge on any atom is 0.416 e. The Morgan fingerprint density at radius 2 is 1.65 bits per heavy atom. The fourth-order valence-electron chi connectivity index (χ4n) is 2.78. The van der Waals surface area contributed by atoms with Crippen molar-refractivity contribution in [2.24, 2.45) is 5.41 Å². The van der Waals surface area contributed by atoms with Gasteiger partial charge in [-0.05, 0) is 33.3 Å². The number of thioether (sulfide) groups is 1. The molecule has 6 nitrogen and oxygen atoms in total. The van der Waals surface area contributed by atoms with E-state index >= 15 is 0 Å². The van der Waals surface area contributed by atoms with Gasteiger partial charge in [0.05, 0.1) is 5.75 Å². The third-order valence-electron chi connectivity index (χ3n) is 5.03. The molecule has 1 aromatic carbocycles. The van der Waals surface area contributed by atoms with E-state index in [1.54, 1.807) is 4.90 Å². The normalized spacial score (nSPS) is 11.3. The first kappa shape index (κ1) is 24.9. The average Bonchev–Trinajstić information content (AvgIpc) is 2.70. The van der Waals surface area contributed by atoms with E-state index in [0.717, 1.165) is 16.8 Å². The van der Waals surface area contributed by atoms with E-state index in [1.165, 1.54) is 17.3 Å². The number of ether oxygens (including phenoxy) is 1. The van der Waals surface area contributed by atoms with Crippen LogP contribution in [0.2, 0.25) is 0 Å². The predicted octanol–water partition coefficient (Wildman–Crippen LogP) is 5.23. The Kier molecular flexibility index (Phi) is 8.62. The molecule has 0 aliphatic heterocycles. The highest BCUT2D eigenvalue weighted by molar-refractivity contribution is 7.99. The quantitative estimate of drug-likeness (QED) is 0.411. The number of carbonyl (C=O) groups is 2. The van der Waals surface area contributed by atoms with Gasteiger partial charge in [-0.3, -0.25) is 4.79 Å². The minimum absolute atomic E-state index is 0.115. The van der Waals surface area contributed by atoms with Gasteiger partial charge in [-0.25, -0.2) is 9.78 Å². The van der Waals surface area contributed by atoms with Gasteiger partial charge in [0.1, 0.15) is 5.78 Å². The summed E-state index contributed by atoms with van der Waals surface area (Å²) in [4.78, 5) is 35.7. The second-order valence-corrected chi connectivity index (χ2v) is 9.48. The number of nitrogens with zero attached hydrogens (tertiary/aromatic N) is 3. The van der Waals surface area contributed by atoms with Gasteiger partial charge in [0.25, 0.3) is 0 Å². The average molecular weight is 444 g/mol. The zero-order valence-corrected chi connectivity index (χ0v) is 20.4. The molecular formula is C24H33N3O3S. The van der Waals surface area contributed by atoms with Crippen LogP contribution in [0.15, 0.2) is 29.4 Å². The maximum absolute atomic E-state index is 12.6. The molecule has 0 unspecified atom stereocenters. The monoisotopic (exact) mass is 443 g/mol. The van der Waals surface area contributed by atoms with Crippen LogP contribution in [0.25, 0.3) is 0 Å². The van der Waals surface area contributed by atoms with Crippen molar-refractivity contribution in [1.82, 2.24) is 14.9 Å². The Hall–Kier alpha value is -2.41. The maximum atomic E-state index is 12.6. The first-order valence-corrected chi connectivity index (χ1v) is 11.6. The molecule has 0 spiro atoms. The van der Waals surface area contributed by atoms with Gasteiger partial charge < -0.3 is 9.64 Å². The molecule has 0 fully saturated rings. The fraction of sp³-hybridized carbons (Fsp3) is 0.500. The minimum atomic E-state index is -0.435. The zero-order valence-electron chi connectivity index (χ0n) is 19.6. The number of aromatic nitrogens is 2. The van der Waals surface area contributed by atoms with E-state index in [2.05, 4.69) is 34.2 Å². The van der Waals surface area contributed by atoms with Crippen molar-refractivity contribution < 1.29 is 14.3 Å². The van der Waals surface area contributed by atoms with E-state index < -0.39 is 11.5 Å². The number of ketones is 1. The predicted molar refractivity (Wildman–Crippen MR) is 125 cm³/mol. The molecule has 0 atom stereocenters. The van der Waals surface area contributed by atoms with Crippen LogP contribution in [0.4, 0.5) is 4.79 Å². The van der Waals surface area contributed by atoms with Crippen LogP contribution in [-0.4, -0.2) is 45.6 Å². The molecule has 31 heavy (non-hydrogen) atoms. The lowest BCUT2D eigenvalue weighted by atomic mass is 9.92. The molecule has 0 saturated carbocycles. The number of carbonyl (C=O) groups excluding carboxylic acids is 2. The van der Waals surface area contributed by atoms with Gasteiger partial charge in [0.15, 0.2) is 5.16 Å². The van der Waals surface area contributed by atoms with Crippen LogP contribution in [-0.2, 0) is 11.2 Å². The molecule has 0 aliphatic rings. The molecular weight excluding hydrogens is 410 g/mol. The van der Waals surface area contributed by atoms with E-state index in [4.69, 9.17) is 4.74 Å². The number of amides is 1. The van der Waals surface area contributed by atoms with Crippen molar-refractivity contribution in [3.8, 4) is 5.88 Å². The first-order chi connectivity index (χ1) is 14.5. The van der Waals surface area contributed by atoms with Gasteiger partial charge in [-0.1, -0.05) is 62.4 Å². The molecule has 168 valence electrons. The van der Waals surface area contributed by atoms with Crippen LogP contribution in [0, 0.1) is 19.3 Å². The van der Waals surface area contributed by atoms with Gasteiger partial charge in [0.2, 0.25) is 5.88 Å². The summed E-state index contributed by atoms with van der Waals surface area (Å²) in [7, 11) is 0. The topological polar surface area (TPSA) is 72.4 Å². The Balaban J connectivity index is 2.36. The van der Waals surface area contributed by atoms with Gasteiger partial charge >= 0.3 is 6.09 Å². The molecule has 7 heteroatoms. The van der Waals surface area contributed by atoms with E-state index in [-0.39, 0.29) is 17.4 Å². The lowest BCUT2D eigenvalue weighted by molar-refractivity contribution is -0.123. The van der Waals surface area contributed by atoms with E-state index in [1.807, 2.05) is 48.5 Å². The smallest absolute Gasteiger partial charge is 0.391 e. The van der Waals surface area contributed by atoms with Crippen LogP contribution in [0.5, 0.6) is 5.88 Å². The highest BCUT2D eigenvalue weighted by Gasteiger charge is 2.23. The summed E-state index contributed by atoms with van der Waals surface area (Å²) in [5, 5.41) is 0.435. The SMILES string of the molecule is CCN(CC)C(=O)Oc1nc(SCC(=O)C(C)(C)C)nc(C)c1Cc1ccc(C)cc1. The second-order valence-electron chi connectivity index (χ2n) is 8.54. The summed E-state index contributed by atoms with van der Waals surface area (Å²) in [6.45, 7) is 14.5. The number of rotatable bonds is 8. The van der Waals surface area contributed by atoms with Crippen molar-refractivity contribution in [3.05, 3.63) is 46.6 Å². The van der Waals surface area contributed by atoms with E-state index in [0.29, 0.717) is 24.7 Å². The molecule has 0 N–H and O–H groups in total. The molecule has 2 aromatic rings. The summed E-state index contributed by atoms with van der Waals surface area (Å²) in [5.74, 6) is 0.642. The Labute approximate surface area is 189 Å². The molecule has 1 aromatic heterocycles. The molecule has 0 radical (unpaired) electrons. The van der Waals surface area contributed by atoms with Gasteiger partial charge in [-0.2, -0.15) is 4.98 Å². The Bertz CT molecular complexity index is 917. The van der Waals surface area contributed by atoms with Crippen molar-refractivity contribution in [1.29, 1.82) is 0 Å². The number of hydrogen-bond donors (Lipinski definition) is 0. The zero-order chi connectivity index (χ0) is 23.2. The highest BCUT2D eigenvalue weighted by Crippen LogP contribution is 2.28. The molecule has 0 saturated heterocycles. The summed E-state index contributed by atoms with van der Waals surface area (Å²) in [6, 6.07) is 8.20. The number of benzene rings is 1. The van der Waals surface area contributed by atoms with Crippen LogP contribution >= 0.6 is 11.8 Å². The van der Waals surface area contributed by atoms with Crippen molar-refractivity contribution in [3.63, 3.8) is 0 Å². The summed E-state index contributed by atoms with van der Waals surface area (Å²) in [6.07, 6.45) is 0.119. The Morgan fingerprint density at radius 3 is 2.19 bits per heavy atom. The van der Waals surface area contributed by atoms with Crippen molar-refractivity contribution in [2.75, 3.05) is 18.8 Å². The number of aryl methyl sites for hydroxylation is 2. The number of Topliss-reactive ketones (excluding diaryl/α,β-unsaturated/α-hetero) is 1. The summed E-state index contributed by atoms with van der Waals surface area (Å²) >= 11 is 1.27. The molecule has 1 heterocycles. The standard InChI is InChI=1S/C24H33N3O3S/c1-8-27(9-2)23(29)30-21-19(14-18-12-10-16(3)11-13-18)17(4)25-22(26-21)31-15-20(28)24(5,6)7/h10-13H,8-9,14-15H2,1-7H3. The minimum Gasteiger partial charge on any atom is -0.391 e. The third kappa shape index (κ3) is 7.06. The van der Waals surface area contributed by atoms with Gasteiger partial charge in [0, 0.05) is 36.2 Å². The third-order valence-corrected chi connectivity index (χ3v) is 5.88. The van der Waals surface area contributed by atoms with Gasteiger partial charge in [-0.15, -0.1) is 0 Å². The number of hydrogen-bond acceptors (Lipinski definition) is 6. The molecule has 1 amide bonds.